The molecule has 1 fully saturated rings. The van der Waals surface area contributed by atoms with Crippen LogP contribution in [0, 0.1) is 12.8 Å². The van der Waals surface area contributed by atoms with Crippen LogP contribution in [0.4, 0.5) is 0 Å². The summed E-state index contributed by atoms with van der Waals surface area (Å²) in [6.45, 7) is 2.24. The van der Waals surface area contributed by atoms with Gasteiger partial charge in [0.25, 0.3) is 5.91 Å². The number of methoxy groups -OCH3 is 1. The lowest BCUT2D eigenvalue weighted by molar-refractivity contribution is -0.150. The SMILES string of the molecule is COc1cccc2c1CC[C@H]1CC[C@@H](C(=O)ON=C(N)c3cc(C)c[nH]3)CN1C2=O. The Morgan fingerprint density at radius 3 is 2.87 bits per heavy atom. The van der Waals surface area contributed by atoms with Crippen LogP contribution in [0.3, 0.4) is 0 Å². The summed E-state index contributed by atoms with van der Waals surface area (Å²) in [5.74, 6) is -0.117. The molecular weight excluding hydrogens is 384 g/mol. The molecule has 3 N–H and O–H groups in total. The second-order valence-electron chi connectivity index (χ2n) is 7.89. The predicted octanol–water partition coefficient (Wildman–Crippen LogP) is 2.36. The summed E-state index contributed by atoms with van der Waals surface area (Å²) in [5, 5.41) is 3.78. The van der Waals surface area contributed by atoms with Crippen LogP contribution in [0.25, 0.3) is 0 Å². The van der Waals surface area contributed by atoms with Crippen LogP contribution in [0.5, 0.6) is 5.75 Å². The number of aromatic nitrogens is 1. The Morgan fingerprint density at radius 2 is 2.13 bits per heavy atom. The number of amidine groups is 1. The molecule has 1 saturated heterocycles. The topological polar surface area (TPSA) is 110 Å². The molecule has 0 radical (unpaired) electrons. The van der Waals surface area contributed by atoms with Crippen LogP contribution in [-0.4, -0.2) is 47.3 Å². The number of hydrogen-bond donors (Lipinski definition) is 2. The number of hydrogen-bond acceptors (Lipinski definition) is 5. The second kappa shape index (κ2) is 8.22. The molecule has 8 nitrogen and oxygen atoms in total. The van der Waals surface area contributed by atoms with Gasteiger partial charge >= 0.3 is 5.97 Å². The van der Waals surface area contributed by atoms with E-state index in [-0.39, 0.29) is 17.8 Å². The van der Waals surface area contributed by atoms with Crippen molar-refractivity contribution >= 4 is 17.7 Å². The first-order chi connectivity index (χ1) is 14.5. The summed E-state index contributed by atoms with van der Waals surface area (Å²) >= 11 is 0. The average Bonchev–Trinajstić information content (AvgIpc) is 3.15. The molecule has 2 atom stereocenters. The van der Waals surface area contributed by atoms with Crippen LogP contribution in [0.1, 0.15) is 46.4 Å². The van der Waals surface area contributed by atoms with Gasteiger partial charge in [0, 0.05) is 29.9 Å². The Bertz CT molecular complexity index is 997. The molecular formula is C22H26N4O4. The lowest BCUT2D eigenvalue weighted by Crippen LogP contribution is -2.48. The summed E-state index contributed by atoms with van der Waals surface area (Å²) in [5.41, 5.74) is 9.07. The normalized spacial score (nSPS) is 21.5. The molecule has 1 amide bonds. The number of nitrogens with two attached hydrogens (primary N) is 1. The Labute approximate surface area is 175 Å². The van der Waals surface area contributed by atoms with Crippen molar-refractivity contribution in [3.63, 3.8) is 0 Å². The summed E-state index contributed by atoms with van der Waals surface area (Å²) in [7, 11) is 1.62. The van der Waals surface area contributed by atoms with E-state index in [1.54, 1.807) is 13.3 Å². The zero-order chi connectivity index (χ0) is 21.3. The van der Waals surface area contributed by atoms with Crippen LogP contribution < -0.4 is 10.5 Å². The van der Waals surface area contributed by atoms with Gasteiger partial charge in [0.1, 0.15) is 5.75 Å². The molecule has 2 aliphatic rings. The minimum absolute atomic E-state index is 0.0613. The molecule has 30 heavy (non-hydrogen) atoms. The molecule has 0 bridgehead atoms. The monoisotopic (exact) mass is 410 g/mol. The van der Waals surface area contributed by atoms with Crippen molar-refractivity contribution in [1.29, 1.82) is 0 Å². The summed E-state index contributed by atoms with van der Waals surface area (Å²) in [4.78, 5) is 35.7. The Kier molecular flexibility index (Phi) is 5.48. The molecule has 0 aliphatic carbocycles. The zero-order valence-electron chi connectivity index (χ0n) is 17.2. The minimum atomic E-state index is -0.470. The number of benzene rings is 1. The van der Waals surface area contributed by atoms with Crippen LogP contribution in [-0.2, 0) is 16.1 Å². The van der Waals surface area contributed by atoms with E-state index in [1.807, 2.05) is 36.1 Å². The number of piperidine rings is 1. The highest BCUT2D eigenvalue weighted by Crippen LogP contribution is 2.34. The smallest absolute Gasteiger partial charge is 0.339 e. The molecule has 4 rings (SSSR count). The number of rotatable bonds is 4. The van der Waals surface area contributed by atoms with Gasteiger partial charge in [-0.3, -0.25) is 4.79 Å². The maximum Gasteiger partial charge on any atom is 0.339 e. The molecule has 2 aliphatic heterocycles. The highest BCUT2D eigenvalue weighted by atomic mass is 16.7. The molecule has 158 valence electrons. The zero-order valence-corrected chi connectivity index (χ0v) is 17.2. The molecule has 0 saturated carbocycles. The number of ether oxygens (including phenoxy) is 1. The largest absolute Gasteiger partial charge is 0.496 e. The standard InChI is InChI=1S/C22H26N4O4/c1-13-10-18(24-11-13)20(23)25-30-22(28)14-6-7-15-8-9-16-17(21(27)26(15)12-14)4-3-5-19(16)29-2/h3-5,10-11,14-15,24H,6-9,12H2,1-2H3,(H2,23,25)/t14-,15-/m1/s1. The highest BCUT2D eigenvalue weighted by Gasteiger charge is 2.38. The van der Waals surface area contributed by atoms with E-state index >= 15 is 0 Å². The molecule has 0 spiro atoms. The predicted molar refractivity (Wildman–Crippen MR) is 111 cm³/mol. The van der Waals surface area contributed by atoms with E-state index in [0.717, 1.165) is 36.1 Å². The van der Waals surface area contributed by atoms with Crippen molar-refractivity contribution in [3.05, 3.63) is 52.8 Å². The number of carbonyl (C=O) groups excluding carboxylic acids is 2. The molecule has 0 unspecified atom stereocenters. The number of carbonyl (C=O) groups is 2. The number of aromatic amines is 1. The molecule has 1 aromatic carbocycles. The highest BCUT2D eigenvalue weighted by molar-refractivity contribution is 5.97. The first kappa shape index (κ1) is 20.0. The van der Waals surface area contributed by atoms with Crippen molar-refractivity contribution < 1.29 is 19.2 Å². The van der Waals surface area contributed by atoms with E-state index in [0.29, 0.717) is 24.2 Å². The van der Waals surface area contributed by atoms with Gasteiger partial charge in [-0.25, -0.2) is 4.79 Å². The van der Waals surface area contributed by atoms with Crippen molar-refractivity contribution in [2.24, 2.45) is 16.8 Å². The summed E-state index contributed by atoms with van der Waals surface area (Å²) in [6.07, 6.45) is 4.81. The third-order valence-electron chi connectivity index (χ3n) is 5.95. The van der Waals surface area contributed by atoms with Crippen molar-refractivity contribution in [3.8, 4) is 5.75 Å². The van der Waals surface area contributed by atoms with E-state index in [1.165, 1.54) is 0 Å². The van der Waals surface area contributed by atoms with Crippen molar-refractivity contribution in [2.75, 3.05) is 13.7 Å². The number of nitrogens with zero attached hydrogens (tertiary/aromatic N) is 2. The van der Waals surface area contributed by atoms with Gasteiger partial charge in [-0.05, 0) is 56.4 Å². The van der Waals surface area contributed by atoms with E-state index in [2.05, 4.69) is 10.1 Å². The average molecular weight is 410 g/mol. The molecule has 2 aromatic rings. The van der Waals surface area contributed by atoms with E-state index in [4.69, 9.17) is 15.3 Å². The quantitative estimate of drug-likeness (QED) is 0.348. The van der Waals surface area contributed by atoms with Crippen LogP contribution in [0.2, 0.25) is 0 Å². The van der Waals surface area contributed by atoms with Gasteiger partial charge < -0.3 is 25.2 Å². The maximum atomic E-state index is 13.2. The van der Waals surface area contributed by atoms with Gasteiger partial charge in [-0.1, -0.05) is 11.2 Å². The van der Waals surface area contributed by atoms with Gasteiger partial charge in [-0.15, -0.1) is 0 Å². The van der Waals surface area contributed by atoms with Crippen LogP contribution in [0.15, 0.2) is 35.6 Å². The maximum absolute atomic E-state index is 13.2. The number of fused-ring (bicyclic) bond motifs is 2. The van der Waals surface area contributed by atoms with Crippen molar-refractivity contribution in [2.45, 2.75) is 38.6 Å². The van der Waals surface area contributed by atoms with Gasteiger partial charge in [0.05, 0.1) is 18.7 Å². The van der Waals surface area contributed by atoms with Crippen molar-refractivity contribution in [1.82, 2.24) is 9.88 Å². The molecule has 3 heterocycles. The number of H-pyrrole nitrogens is 1. The first-order valence-corrected chi connectivity index (χ1v) is 10.1. The van der Waals surface area contributed by atoms with Gasteiger partial charge in [0.2, 0.25) is 0 Å². The first-order valence-electron chi connectivity index (χ1n) is 10.1. The second-order valence-corrected chi connectivity index (χ2v) is 7.89. The fourth-order valence-corrected chi connectivity index (χ4v) is 4.32. The number of amides is 1. The lowest BCUT2D eigenvalue weighted by Gasteiger charge is -2.37. The third kappa shape index (κ3) is 3.77. The minimum Gasteiger partial charge on any atom is -0.496 e. The number of oxime groups is 1. The summed E-state index contributed by atoms with van der Waals surface area (Å²) < 4.78 is 5.45. The molecule has 1 aromatic heterocycles. The third-order valence-corrected chi connectivity index (χ3v) is 5.95. The molecule has 8 heteroatoms. The fraction of sp³-hybridized carbons (Fsp3) is 0.409. The fourth-order valence-electron chi connectivity index (χ4n) is 4.32. The van der Waals surface area contributed by atoms with E-state index in [9.17, 15) is 9.59 Å². The number of nitrogens with one attached hydrogen (secondary N) is 1. The lowest BCUT2D eigenvalue weighted by atomic mass is 9.91. The number of aryl methyl sites for hydroxylation is 1. The Morgan fingerprint density at radius 1 is 1.30 bits per heavy atom. The summed E-state index contributed by atoms with van der Waals surface area (Å²) in [6, 6.07) is 7.46. The van der Waals surface area contributed by atoms with Crippen LogP contribution >= 0.6 is 0 Å². The Balaban J connectivity index is 1.47. The van der Waals surface area contributed by atoms with Gasteiger partial charge in [-0.2, -0.15) is 0 Å². The van der Waals surface area contributed by atoms with Gasteiger partial charge in [0.15, 0.2) is 5.84 Å². The van der Waals surface area contributed by atoms with E-state index < -0.39 is 11.9 Å². The Hall–Kier alpha value is -3.29.